The van der Waals surface area contributed by atoms with Gasteiger partial charge < -0.3 is 4.74 Å². The van der Waals surface area contributed by atoms with E-state index < -0.39 is 10.9 Å². The zero-order valence-corrected chi connectivity index (χ0v) is 11.5. The van der Waals surface area contributed by atoms with Gasteiger partial charge in [-0.15, -0.1) is 0 Å². The summed E-state index contributed by atoms with van der Waals surface area (Å²) >= 11 is 0. The third-order valence-electron chi connectivity index (χ3n) is 2.85. The van der Waals surface area contributed by atoms with Crippen LogP contribution < -0.4 is 0 Å². The Morgan fingerprint density at radius 2 is 2.05 bits per heavy atom. The van der Waals surface area contributed by atoms with Crippen molar-refractivity contribution in [2.75, 3.05) is 6.61 Å². The van der Waals surface area contributed by atoms with Crippen molar-refractivity contribution in [3.8, 4) is 11.1 Å². The molecule has 0 aliphatic rings. The average Bonchev–Trinajstić information content (AvgIpc) is 2.48. The quantitative estimate of drug-likeness (QED) is 0.479. The summed E-state index contributed by atoms with van der Waals surface area (Å²) in [5, 5.41) is 11.1. The first-order valence-electron chi connectivity index (χ1n) is 6.46. The Kier molecular flexibility index (Phi) is 4.61. The fourth-order valence-electron chi connectivity index (χ4n) is 1.94. The minimum absolute atomic E-state index is 0.00827. The van der Waals surface area contributed by atoms with E-state index in [-0.39, 0.29) is 18.7 Å². The Morgan fingerprint density at radius 3 is 2.67 bits per heavy atom. The molecule has 21 heavy (non-hydrogen) atoms. The molecule has 0 saturated carbocycles. The van der Waals surface area contributed by atoms with Crippen LogP contribution >= 0.6 is 0 Å². The molecule has 0 fully saturated rings. The lowest BCUT2D eigenvalue weighted by atomic mass is 10.0. The fourth-order valence-corrected chi connectivity index (χ4v) is 1.94. The van der Waals surface area contributed by atoms with Gasteiger partial charge in [-0.1, -0.05) is 30.3 Å². The normalized spacial score (nSPS) is 10.1. The van der Waals surface area contributed by atoms with Gasteiger partial charge in [-0.3, -0.25) is 19.9 Å². The van der Waals surface area contributed by atoms with Crippen LogP contribution in [0.25, 0.3) is 11.1 Å². The van der Waals surface area contributed by atoms with Gasteiger partial charge in [0, 0.05) is 0 Å². The number of benzene rings is 1. The molecule has 0 radical (unpaired) electrons. The molecule has 0 spiro atoms. The van der Waals surface area contributed by atoms with Gasteiger partial charge in [0.15, 0.2) is 0 Å². The van der Waals surface area contributed by atoms with Gasteiger partial charge >= 0.3 is 5.97 Å². The second kappa shape index (κ2) is 6.60. The van der Waals surface area contributed by atoms with E-state index in [2.05, 4.69) is 4.98 Å². The third kappa shape index (κ3) is 3.62. The lowest BCUT2D eigenvalue weighted by Gasteiger charge is -2.06. The third-order valence-corrected chi connectivity index (χ3v) is 2.85. The number of esters is 1. The largest absolute Gasteiger partial charge is 0.466 e. The van der Waals surface area contributed by atoms with Crippen LogP contribution in [-0.4, -0.2) is 22.5 Å². The van der Waals surface area contributed by atoms with Crippen LogP contribution in [0.2, 0.25) is 0 Å². The van der Waals surface area contributed by atoms with Crippen LogP contribution in [0.3, 0.4) is 0 Å². The van der Waals surface area contributed by atoms with E-state index in [1.807, 2.05) is 6.07 Å². The molecule has 6 nitrogen and oxygen atoms in total. The molecule has 108 valence electrons. The number of hydrogen-bond donors (Lipinski definition) is 0. The maximum absolute atomic E-state index is 11.5. The van der Waals surface area contributed by atoms with Gasteiger partial charge in [-0.05, 0) is 18.6 Å². The first-order chi connectivity index (χ1) is 10.1. The number of rotatable bonds is 5. The van der Waals surface area contributed by atoms with Gasteiger partial charge in [0.2, 0.25) is 0 Å². The number of hydrogen-bond acceptors (Lipinski definition) is 5. The molecular weight excluding hydrogens is 272 g/mol. The number of aromatic nitrogens is 1. The average molecular weight is 286 g/mol. The highest BCUT2D eigenvalue weighted by atomic mass is 16.6. The van der Waals surface area contributed by atoms with Crippen molar-refractivity contribution in [1.29, 1.82) is 0 Å². The van der Waals surface area contributed by atoms with Crippen molar-refractivity contribution in [3.05, 3.63) is 58.4 Å². The van der Waals surface area contributed by atoms with Gasteiger partial charge in [0.25, 0.3) is 5.69 Å². The molecule has 0 unspecified atom stereocenters. The van der Waals surface area contributed by atoms with Gasteiger partial charge in [0.1, 0.15) is 6.20 Å². The highest BCUT2D eigenvalue weighted by Gasteiger charge is 2.18. The molecule has 0 aliphatic carbocycles. The summed E-state index contributed by atoms with van der Waals surface area (Å²) in [6.07, 6.45) is 1.17. The molecule has 0 saturated heterocycles. The van der Waals surface area contributed by atoms with E-state index in [1.165, 1.54) is 6.20 Å². The number of pyridine rings is 1. The summed E-state index contributed by atoms with van der Waals surface area (Å²) in [7, 11) is 0. The van der Waals surface area contributed by atoms with E-state index >= 15 is 0 Å². The predicted molar refractivity (Wildman–Crippen MR) is 76.7 cm³/mol. The molecule has 0 bridgehead atoms. The van der Waals surface area contributed by atoms with Crippen LogP contribution in [-0.2, 0) is 16.0 Å². The van der Waals surface area contributed by atoms with Gasteiger partial charge in [-0.2, -0.15) is 0 Å². The van der Waals surface area contributed by atoms with Crippen LogP contribution in [0.4, 0.5) is 5.69 Å². The minimum atomic E-state index is -0.483. The number of nitrogens with zero attached hydrogens (tertiary/aromatic N) is 2. The maximum atomic E-state index is 11.5. The molecule has 0 aliphatic heterocycles. The standard InChI is InChI=1S/C15H14N2O4/c1-2-21-15(18)9-12-8-13(11-6-4-3-5-7-11)14(10-16-12)17(19)20/h3-8,10H,2,9H2,1H3. The van der Waals surface area contributed by atoms with Gasteiger partial charge in [-0.25, -0.2) is 0 Å². The lowest BCUT2D eigenvalue weighted by Crippen LogP contribution is -2.09. The molecule has 2 aromatic rings. The zero-order valence-electron chi connectivity index (χ0n) is 11.5. The maximum Gasteiger partial charge on any atom is 0.311 e. The second-order valence-corrected chi connectivity index (χ2v) is 4.30. The molecule has 1 heterocycles. The van der Waals surface area contributed by atoms with Crippen molar-refractivity contribution < 1.29 is 14.5 Å². The Labute approximate surface area is 121 Å². The van der Waals surface area contributed by atoms with Crippen molar-refractivity contribution in [2.45, 2.75) is 13.3 Å². The Morgan fingerprint density at radius 1 is 1.33 bits per heavy atom. The lowest BCUT2D eigenvalue weighted by molar-refractivity contribution is -0.384. The summed E-state index contributed by atoms with van der Waals surface area (Å²) in [5.74, 6) is -0.405. The molecule has 0 atom stereocenters. The number of carbonyl (C=O) groups is 1. The number of nitro groups is 1. The van der Waals surface area contributed by atoms with E-state index in [9.17, 15) is 14.9 Å². The van der Waals surface area contributed by atoms with Crippen LogP contribution in [0.5, 0.6) is 0 Å². The second-order valence-electron chi connectivity index (χ2n) is 4.30. The molecule has 1 aromatic heterocycles. The SMILES string of the molecule is CCOC(=O)Cc1cc(-c2ccccc2)c([N+](=O)[O-])cn1. The first kappa shape index (κ1) is 14.6. The van der Waals surface area contributed by atoms with E-state index in [1.54, 1.807) is 37.3 Å². The highest BCUT2D eigenvalue weighted by molar-refractivity contribution is 5.76. The van der Waals surface area contributed by atoms with Crippen molar-refractivity contribution in [3.63, 3.8) is 0 Å². The molecule has 0 N–H and O–H groups in total. The molecule has 0 amide bonds. The minimum Gasteiger partial charge on any atom is -0.466 e. The summed E-state index contributed by atoms with van der Waals surface area (Å²) in [6.45, 7) is 2.01. The van der Waals surface area contributed by atoms with Gasteiger partial charge in [0.05, 0.1) is 29.2 Å². The Balaban J connectivity index is 2.40. The molecular formula is C15H14N2O4. The molecule has 6 heteroatoms. The first-order valence-corrected chi connectivity index (χ1v) is 6.46. The Hall–Kier alpha value is -2.76. The number of ether oxygens (including phenoxy) is 1. The topological polar surface area (TPSA) is 82.3 Å². The van der Waals surface area contributed by atoms with E-state index in [0.29, 0.717) is 16.8 Å². The summed E-state index contributed by atoms with van der Waals surface area (Å²) in [6, 6.07) is 10.5. The van der Waals surface area contributed by atoms with Crippen LogP contribution in [0.1, 0.15) is 12.6 Å². The van der Waals surface area contributed by atoms with Crippen molar-refractivity contribution in [1.82, 2.24) is 4.98 Å². The summed E-state index contributed by atoms with van der Waals surface area (Å²) in [4.78, 5) is 26.1. The predicted octanol–water partition coefficient (Wildman–Crippen LogP) is 2.76. The summed E-state index contributed by atoms with van der Waals surface area (Å²) in [5.41, 5.74) is 1.50. The zero-order chi connectivity index (χ0) is 15.2. The molecule has 1 aromatic carbocycles. The smallest absolute Gasteiger partial charge is 0.311 e. The fraction of sp³-hybridized carbons (Fsp3) is 0.200. The van der Waals surface area contributed by atoms with Crippen molar-refractivity contribution >= 4 is 11.7 Å². The molecule has 2 rings (SSSR count). The van der Waals surface area contributed by atoms with Crippen LogP contribution in [0.15, 0.2) is 42.6 Å². The van der Waals surface area contributed by atoms with E-state index in [0.717, 1.165) is 0 Å². The summed E-state index contributed by atoms with van der Waals surface area (Å²) < 4.78 is 4.86. The monoisotopic (exact) mass is 286 g/mol. The van der Waals surface area contributed by atoms with Crippen molar-refractivity contribution in [2.24, 2.45) is 0 Å². The van der Waals surface area contributed by atoms with Crippen LogP contribution in [0, 0.1) is 10.1 Å². The highest BCUT2D eigenvalue weighted by Crippen LogP contribution is 2.29. The Bertz CT molecular complexity index is 656. The number of carbonyl (C=O) groups excluding carboxylic acids is 1. The van der Waals surface area contributed by atoms with E-state index in [4.69, 9.17) is 4.74 Å².